The van der Waals surface area contributed by atoms with Crippen LogP contribution in [-0.4, -0.2) is 36.0 Å². The van der Waals surface area contributed by atoms with E-state index in [0.717, 1.165) is 19.3 Å². The monoisotopic (exact) mass is 386 g/mol. The van der Waals surface area contributed by atoms with Gasteiger partial charge in [-0.15, -0.1) is 11.8 Å². The second kappa shape index (κ2) is 10.5. The number of benzene rings is 1. The second-order valence-corrected chi connectivity index (χ2v) is 8.35. The first-order chi connectivity index (χ1) is 13.0. The normalized spacial score (nSPS) is 18.0. The minimum Gasteiger partial charge on any atom is -0.336 e. The van der Waals surface area contributed by atoms with Gasteiger partial charge in [0.2, 0.25) is 19.7 Å². The van der Waals surface area contributed by atoms with Crippen LogP contribution in [0.2, 0.25) is 0 Å². The Bertz CT molecular complexity index is 666. The van der Waals surface area contributed by atoms with Crippen molar-refractivity contribution in [3.8, 4) is 0 Å². The molecule has 0 saturated carbocycles. The minimum absolute atomic E-state index is 0.141. The average Bonchev–Trinajstić information content (AvgIpc) is 2.89. The Balaban J connectivity index is 2.03. The predicted molar refractivity (Wildman–Crippen MR) is 113 cm³/mol. The molecular weight excluding hydrogens is 359 g/mol. The summed E-state index contributed by atoms with van der Waals surface area (Å²) in [5.74, 6) is -0.966. The number of anilines is 2. The number of rotatable bonds is 10. The number of carbonyl (C=O) groups excluding carboxylic acids is 3. The van der Waals surface area contributed by atoms with Crippen molar-refractivity contribution in [2.75, 3.05) is 10.2 Å². The van der Waals surface area contributed by atoms with Crippen LogP contribution in [0.4, 0.5) is 16.2 Å². The Morgan fingerprint density at radius 3 is 2.48 bits per heavy atom. The molecule has 27 heavy (non-hydrogen) atoms. The van der Waals surface area contributed by atoms with E-state index in [0.29, 0.717) is 16.6 Å². The molecule has 2 unspecified atom stereocenters. The van der Waals surface area contributed by atoms with Crippen LogP contribution in [0.5, 0.6) is 0 Å². The van der Waals surface area contributed by atoms with Crippen molar-refractivity contribution < 1.29 is 14.4 Å². The second-order valence-electron chi connectivity index (χ2n) is 6.84. The van der Waals surface area contributed by atoms with E-state index in [4.69, 9.17) is 7.85 Å². The van der Waals surface area contributed by atoms with Gasteiger partial charge < -0.3 is 5.32 Å². The molecule has 1 N–H and O–H groups in total. The summed E-state index contributed by atoms with van der Waals surface area (Å²) >= 11 is 1.66. The molecule has 5 nitrogen and oxygen atoms in total. The van der Waals surface area contributed by atoms with Crippen molar-refractivity contribution in [1.29, 1.82) is 0 Å². The van der Waals surface area contributed by atoms with Crippen LogP contribution in [0.15, 0.2) is 24.3 Å². The maximum atomic E-state index is 12.8. The van der Waals surface area contributed by atoms with E-state index in [-0.39, 0.29) is 23.5 Å². The van der Waals surface area contributed by atoms with Crippen molar-refractivity contribution in [1.82, 2.24) is 0 Å². The number of hydrogen-bond donors (Lipinski definition) is 1. The van der Waals surface area contributed by atoms with Crippen LogP contribution < -0.4 is 10.2 Å². The first-order valence-electron chi connectivity index (χ1n) is 9.65. The summed E-state index contributed by atoms with van der Waals surface area (Å²) in [5.41, 5.74) is 1.05. The van der Waals surface area contributed by atoms with Gasteiger partial charge in [0.15, 0.2) is 5.81 Å². The number of nitrogens with one attached hydrogen (secondary N) is 1. The summed E-state index contributed by atoms with van der Waals surface area (Å²) in [4.78, 5) is 37.5. The zero-order chi connectivity index (χ0) is 19.8. The highest BCUT2D eigenvalue weighted by Crippen LogP contribution is 2.35. The van der Waals surface area contributed by atoms with Gasteiger partial charge in [0, 0.05) is 17.4 Å². The molecule has 0 spiro atoms. The Morgan fingerprint density at radius 2 is 1.89 bits per heavy atom. The van der Waals surface area contributed by atoms with E-state index in [9.17, 15) is 14.4 Å². The van der Waals surface area contributed by atoms with E-state index < -0.39 is 5.81 Å². The van der Waals surface area contributed by atoms with Gasteiger partial charge in [-0.25, -0.2) is 4.90 Å². The van der Waals surface area contributed by atoms with Crippen LogP contribution in [0.3, 0.4) is 0 Å². The van der Waals surface area contributed by atoms with Gasteiger partial charge in [0.1, 0.15) is 0 Å². The van der Waals surface area contributed by atoms with Crippen LogP contribution >= 0.6 is 11.8 Å². The molecule has 1 aromatic carbocycles. The summed E-state index contributed by atoms with van der Waals surface area (Å²) in [6, 6.07) is 6.56. The lowest BCUT2D eigenvalue weighted by atomic mass is 10.1. The number of hydrogen-bond acceptors (Lipinski definition) is 4. The maximum absolute atomic E-state index is 12.8. The van der Waals surface area contributed by atoms with Gasteiger partial charge in [0.05, 0.1) is 10.9 Å². The van der Waals surface area contributed by atoms with Crippen molar-refractivity contribution >= 4 is 48.6 Å². The van der Waals surface area contributed by atoms with Crippen LogP contribution in [-0.2, 0) is 9.59 Å². The Kier molecular flexibility index (Phi) is 8.41. The molecule has 0 aliphatic carbocycles. The zero-order valence-corrected chi connectivity index (χ0v) is 16.9. The van der Waals surface area contributed by atoms with Gasteiger partial charge >= 0.3 is 0 Å². The number of thioether (sulfide) groups is 1. The molecular formula is C20H27BN2O3S. The first-order valence-corrected chi connectivity index (χ1v) is 10.6. The van der Waals surface area contributed by atoms with Crippen molar-refractivity contribution in [2.45, 2.75) is 69.3 Å². The molecule has 7 heteroatoms. The highest BCUT2D eigenvalue weighted by atomic mass is 32.2. The summed E-state index contributed by atoms with van der Waals surface area (Å²) < 4.78 is 0. The molecule has 0 aromatic heterocycles. The topological polar surface area (TPSA) is 66.5 Å². The Morgan fingerprint density at radius 1 is 1.19 bits per heavy atom. The van der Waals surface area contributed by atoms with Crippen molar-refractivity contribution in [2.24, 2.45) is 0 Å². The predicted octanol–water partition coefficient (Wildman–Crippen LogP) is 4.50. The molecule has 1 heterocycles. The third-order valence-electron chi connectivity index (χ3n) is 4.60. The van der Waals surface area contributed by atoms with E-state index in [1.165, 1.54) is 24.2 Å². The lowest BCUT2D eigenvalue weighted by Gasteiger charge is -2.20. The molecule has 1 aliphatic rings. The Hall–Kier alpha value is -1.76. The van der Waals surface area contributed by atoms with E-state index in [2.05, 4.69) is 19.2 Å². The molecule has 1 aliphatic heterocycles. The SMILES string of the molecule is [B]C(=O)Nc1ccc(N2C(=O)CC(SC(CCC)CCCCC)C2=O)cc1. The zero-order valence-electron chi connectivity index (χ0n) is 16.1. The molecule has 3 amide bonds. The molecule has 1 aromatic rings. The Labute approximate surface area is 167 Å². The van der Waals surface area contributed by atoms with Crippen molar-refractivity contribution in [3.05, 3.63) is 24.3 Å². The lowest BCUT2D eigenvalue weighted by Crippen LogP contribution is -2.31. The molecule has 0 bridgehead atoms. The largest absolute Gasteiger partial charge is 0.336 e. The lowest BCUT2D eigenvalue weighted by molar-refractivity contribution is -0.121. The molecule has 1 saturated heterocycles. The van der Waals surface area contributed by atoms with E-state index in [1.54, 1.807) is 36.0 Å². The quantitative estimate of drug-likeness (QED) is 0.365. The summed E-state index contributed by atoms with van der Waals surface area (Å²) in [5, 5.41) is 2.58. The van der Waals surface area contributed by atoms with E-state index >= 15 is 0 Å². The number of amides is 3. The molecule has 2 radical (unpaired) electrons. The average molecular weight is 386 g/mol. The van der Waals surface area contributed by atoms with Crippen LogP contribution in [0.25, 0.3) is 0 Å². The number of carbonyl (C=O) groups is 3. The van der Waals surface area contributed by atoms with Gasteiger partial charge in [0.25, 0.3) is 0 Å². The van der Waals surface area contributed by atoms with Crippen LogP contribution in [0, 0.1) is 0 Å². The maximum Gasteiger partial charge on any atom is 0.247 e. The van der Waals surface area contributed by atoms with Gasteiger partial charge in [-0.05, 0) is 37.1 Å². The fourth-order valence-electron chi connectivity index (χ4n) is 3.27. The highest BCUT2D eigenvalue weighted by Gasteiger charge is 2.40. The van der Waals surface area contributed by atoms with Gasteiger partial charge in [-0.1, -0.05) is 39.5 Å². The van der Waals surface area contributed by atoms with Crippen LogP contribution in [0.1, 0.15) is 58.8 Å². The first kappa shape index (κ1) is 21.5. The number of nitrogens with zero attached hydrogens (tertiary/aromatic N) is 1. The molecule has 2 atom stereocenters. The minimum atomic E-state index is -0.655. The van der Waals surface area contributed by atoms with E-state index in [1.807, 2.05) is 0 Å². The van der Waals surface area contributed by atoms with Gasteiger partial charge in [-0.3, -0.25) is 14.4 Å². The molecule has 1 fully saturated rings. The summed E-state index contributed by atoms with van der Waals surface area (Å²) in [6.07, 6.45) is 7.04. The summed E-state index contributed by atoms with van der Waals surface area (Å²) in [6.45, 7) is 4.34. The molecule has 144 valence electrons. The summed E-state index contributed by atoms with van der Waals surface area (Å²) in [7, 11) is 5.09. The number of imide groups is 1. The molecule has 2 rings (SSSR count). The fraction of sp³-hybridized carbons (Fsp3) is 0.550. The fourth-order valence-corrected chi connectivity index (χ4v) is 4.87. The highest BCUT2D eigenvalue weighted by molar-refractivity contribution is 8.01. The van der Waals surface area contributed by atoms with Crippen molar-refractivity contribution in [3.63, 3.8) is 0 Å². The third kappa shape index (κ3) is 6.13. The smallest absolute Gasteiger partial charge is 0.247 e. The van der Waals surface area contributed by atoms with Gasteiger partial charge in [-0.2, -0.15) is 0 Å². The standard InChI is InChI=1S/C20H27BN2O3S/c1-3-5-6-8-16(7-4-2)27-17-13-18(24)23(19(17)25)15-11-9-14(10-12-15)22-20(21)26/h9-12,16-17H,3-8,13H2,1-2H3,(H,22,26). The number of unbranched alkanes of at least 4 members (excludes halogenated alkanes) is 2. The third-order valence-corrected chi connectivity index (χ3v) is 6.15.